The molecule has 6 heteroatoms. The van der Waals surface area contributed by atoms with Crippen molar-refractivity contribution >= 4 is 23.4 Å². The highest BCUT2D eigenvalue weighted by Crippen LogP contribution is 2.09. The first-order chi connectivity index (χ1) is 7.84. The third-order valence-corrected chi connectivity index (χ3v) is 3.47. The molecule has 0 aliphatic carbocycles. The first-order valence-corrected chi connectivity index (χ1v) is 6.61. The number of hydrogen-bond donors (Lipinski definition) is 2. The van der Waals surface area contributed by atoms with Gasteiger partial charge in [0.25, 0.3) is 0 Å². The van der Waals surface area contributed by atoms with Crippen LogP contribution in [0.15, 0.2) is 12.4 Å². The third-order valence-electron chi connectivity index (χ3n) is 2.53. The SMILES string of the molecule is Nc1cc(NCCN2CCSCC2)ncn1. The van der Waals surface area contributed by atoms with E-state index in [1.807, 2.05) is 11.8 Å². The molecule has 0 spiro atoms. The molecule has 0 unspecified atom stereocenters. The van der Waals surface area contributed by atoms with Crippen LogP contribution >= 0.6 is 11.8 Å². The summed E-state index contributed by atoms with van der Waals surface area (Å²) in [6.45, 7) is 4.35. The molecule has 2 rings (SSSR count). The van der Waals surface area contributed by atoms with Crippen LogP contribution in [0.1, 0.15) is 0 Å². The van der Waals surface area contributed by atoms with Crippen molar-refractivity contribution in [3.8, 4) is 0 Å². The fraction of sp³-hybridized carbons (Fsp3) is 0.600. The van der Waals surface area contributed by atoms with Crippen LogP contribution < -0.4 is 11.1 Å². The van der Waals surface area contributed by atoms with Gasteiger partial charge in [0, 0.05) is 43.8 Å². The number of anilines is 2. The molecular weight excluding hydrogens is 222 g/mol. The van der Waals surface area contributed by atoms with Crippen LogP contribution in [-0.2, 0) is 0 Å². The molecule has 0 bridgehead atoms. The van der Waals surface area contributed by atoms with Gasteiger partial charge in [-0.15, -0.1) is 0 Å². The van der Waals surface area contributed by atoms with Crippen LogP contribution in [0.3, 0.4) is 0 Å². The molecule has 0 amide bonds. The van der Waals surface area contributed by atoms with Crippen molar-refractivity contribution in [3.63, 3.8) is 0 Å². The second-order valence-electron chi connectivity index (χ2n) is 3.71. The monoisotopic (exact) mass is 239 g/mol. The van der Waals surface area contributed by atoms with E-state index in [0.717, 1.165) is 18.9 Å². The molecule has 1 aliphatic rings. The molecule has 2 heterocycles. The Labute approximate surface area is 99.8 Å². The maximum atomic E-state index is 5.57. The van der Waals surface area contributed by atoms with E-state index in [0.29, 0.717) is 5.82 Å². The highest BCUT2D eigenvalue weighted by atomic mass is 32.2. The summed E-state index contributed by atoms with van der Waals surface area (Å²) in [5, 5.41) is 3.25. The molecule has 1 aromatic heterocycles. The lowest BCUT2D eigenvalue weighted by molar-refractivity contribution is 0.314. The number of nitrogens with one attached hydrogen (secondary N) is 1. The van der Waals surface area contributed by atoms with Crippen LogP contribution in [0.2, 0.25) is 0 Å². The Morgan fingerprint density at radius 1 is 1.38 bits per heavy atom. The van der Waals surface area contributed by atoms with E-state index in [2.05, 4.69) is 20.2 Å². The minimum Gasteiger partial charge on any atom is -0.384 e. The van der Waals surface area contributed by atoms with Crippen molar-refractivity contribution in [1.29, 1.82) is 0 Å². The lowest BCUT2D eigenvalue weighted by Gasteiger charge is -2.26. The van der Waals surface area contributed by atoms with Crippen LogP contribution in [-0.4, -0.2) is 52.6 Å². The fourth-order valence-electron chi connectivity index (χ4n) is 1.64. The van der Waals surface area contributed by atoms with E-state index in [9.17, 15) is 0 Å². The molecule has 0 radical (unpaired) electrons. The minimum absolute atomic E-state index is 0.506. The Morgan fingerprint density at radius 3 is 2.94 bits per heavy atom. The second kappa shape index (κ2) is 5.91. The average molecular weight is 239 g/mol. The first kappa shape index (κ1) is 11.5. The largest absolute Gasteiger partial charge is 0.384 e. The van der Waals surface area contributed by atoms with Crippen LogP contribution in [0, 0.1) is 0 Å². The quantitative estimate of drug-likeness (QED) is 0.798. The molecule has 0 saturated carbocycles. The molecule has 1 aromatic rings. The first-order valence-electron chi connectivity index (χ1n) is 5.46. The van der Waals surface area contributed by atoms with Crippen LogP contribution in [0.5, 0.6) is 0 Å². The number of hydrogen-bond acceptors (Lipinski definition) is 6. The van der Waals surface area contributed by atoms with Gasteiger partial charge in [-0.1, -0.05) is 0 Å². The Hall–Kier alpha value is -1.01. The number of rotatable bonds is 4. The van der Waals surface area contributed by atoms with Crippen molar-refractivity contribution in [1.82, 2.24) is 14.9 Å². The molecule has 16 heavy (non-hydrogen) atoms. The Bertz CT molecular complexity index is 327. The maximum Gasteiger partial charge on any atom is 0.131 e. The zero-order chi connectivity index (χ0) is 11.2. The van der Waals surface area contributed by atoms with Gasteiger partial charge < -0.3 is 11.1 Å². The summed E-state index contributed by atoms with van der Waals surface area (Å²) in [6.07, 6.45) is 1.48. The van der Waals surface area contributed by atoms with E-state index >= 15 is 0 Å². The molecule has 1 fully saturated rings. The molecule has 1 saturated heterocycles. The molecule has 0 aromatic carbocycles. The predicted molar refractivity (Wildman–Crippen MR) is 68.7 cm³/mol. The third kappa shape index (κ3) is 3.53. The van der Waals surface area contributed by atoms with Gasteiger partial charge in [0.05, 0.1) is 0 Å². The van der Waals surface area contributed by atoms with E-state index in [1.54, 1.807) is 6.07 Å². The van der Waals surface area contributed by atoms with Gasteiger partial charge in [0.1, 0.15) is 18.0 Å². The van der Waals surface area contributed by atoms with Gasteiger partial charge in [-0.3, -0.25) is 4.90 Å². The Kier molecular flexibility index (Phi) is 4.24. The molecule has 0 atom stereocenters. The van der Waals surface area contributed by atoms with E-state index in [1.165, 1.54) is 30.9 Å². The fourth-order valence-corrected chi connectivity index (χ4v) is 2.61. The van der Waals surface area contributed by atoms with E-state index in [-0.39, 0.29) is 0 Å². The van der Waals surface area contributed by atoms with E-state index < -0.39 is 0 Å². The van der Waals surface area contributed by atoms with Crippen LogP contribution in [0.4, 0.5) is 11.6 Å². The summed E-state index contributed by atoms with van der Waals surface area (Å²) in [4.78, 5) is 10.4. The lowest BCUT2D eigenvalue weighted by atomic mass is 10.4. The van der Waals surface area contributed by atoms with Gasteiger partial charge >= 0.3 is 0 Å². The smallest absolute Gasteiger partial charge is 0.131 e. The zero-order valence-corrected chi connectivity index (χ0v) is 10.0. The normalized spacial score (nSPS) is 17.2. The van der Waals surface area contributed by atoms with Gasteiger partial charge in [-0.05, 0) is 0 Å². The summed E-state index contributed by atoms with van der Waals surface area (Å²) in [6, 6.07) is 1.76. The van der Waals surface area contributed by atoms with E-state index in [4.69, 9.17) is 5.73 Å². The lowest BCUT2D eigenvalue weighted by Crippen LogP contribution is -2.36. The molecule has 3 N–H and O–H groups in total. The van der Waals surface area contributed by atoms with Crippen molar-refractivity contribution < 1.29 is 0 Å². The standard InChI is InChI=1S/C10H17N5S/c11-9-7-10(14-8-13-9)12-1-2-15-3-5-16-6-4-15/h7-8H,1-6H2,(H3,11,12,13,14). The second-order valence-corrected chi connectivity index (χ2v) is 4.93. The minimum atomic E-state index is 0.506. The summed E-state index contributed by atoms with van der Waals surface area (Å²) in [5.41, 5.74) is 5.57. The number of nitrogens with two attached hydrogens (primary N) is 1. The highest BCUT2D eigenvalue weighted by molar-refractivity contribution is 7.99. The Morgan fingerprint density at radius 2 is 2.19 bits per heavy atom. The molecule has 1 aliphatic heterocycles. The molecular formula is C10H17N5S. The van der Waals surface area contributed by atoms with Crippen molar-refractivity contribution in [2.45, 2.75) is 0 Å². The van der Waals surface area contributed by atoms with Crippen molar-refractivity contribution in [2.24, 2.45) is 0 Å². The zero-order valence-electron chi connectivity index (χ0n) is 9.22. The molecule has 5 nitrogen and oxygen atoms in total. The Balaban J connectivity index is 1.71. The number of nitrogens with zero attached hydrogens (tertiary/aromatic N) is 3. The summed E-state index contributed by atoms with van der Waals surface area (Å²) < 4.78 is 0. The van der Waals surface area contributed by atoms with Crippen molar-refractivity contribution in [3.05, 3.63) is 12.4 Å². The highest BCUT2D eigenvalue weighted by Gasteiger charge is 2.09. The topological polar surface area (TPSA) is 67.1 Å². The van der Waals surface area contributed by atoms with Gasteiger partial charge in [0.15, 0.2) is 0 Å². The molecule has 88 valence electrons. The summed E-state index contributed by atoms with van der Waals surface area (Å²) >= 11 is 2.03. The average Bonchev–Trinajstić information content (AvgIpc) is 2.30. The predicted octanol–water partition coefficient (Wildman–Crippen LogP) is 0.519. The summed E-state index contributed by atoms with van der Waals surface area (Å²) in [7, 11) is 0. The maximum absolute atomic E-state index is 5.57. The van der Waals surface area contributed by atoms with Crippen LogP contribution in [0.25, 0.3) is 0 Å². The number of aromatic nitrogens is 2. The van der Waals surface area contributed by atoms with Crippen molar-refractivity contribution in [2.75, 3.05) is 48.7 Å². The number of thioether (sulfide) groups is 1. The van der Waals surface area contributed by atoms with Gasteiger partial charge in [-0.2, -0.15) is 11.8 Å². The summed E-state index contributed by atoms with van der Waals surface area (Å²) in [5.74, 6) is 3.81. The number of nitrogen functional groups attached to an aromatic ring is 1. The van der Waals surface area contributed by atoms with Gasteiger partial charge in [0.2, 0.25) is 0 Å². The van der Waals surface area contributed by atoms with Gasteiger partial charge in [-0.25, -0.2) is 9.97 Å².